The molecule has 8 heteroatoms. The van der Waals surface area contributed by atoms with Crippen LogP contribution < -0.4 is 0 Å². The summed E-state index contributed by atoms with van der Waals surface area (Å²) < 4.78 is 7.08. The molecule has 1 unspecified atom stereocenters. The Labute approximate surface area is 135 Å². The van der Waals surface area contributed by atoms with Crippen LogP contribution in [-0.4, -0.2) is 55.8 Å². The predicted octanol–water partition coefficient (Wildman–Crippen LogP) is 2.25. The molecule has 2 heterocycles. The molecule has 0 aromatic carbocycles. The maximum atomic E-state index is 12.2. The van der Waals surface area contributed by atoms with Crippen molar-refractivity contribution >= 4 is 12.1 Å². The fourth-order valence-corrected chi connectivity index (χ4v) is 2.72. The van der Waals surface area contributed by atoms with Gasteiger partial charge < -0.3 is 14.7 Å². The molecular formula is C15H24N4O4. The van der Waals surface area contributed by atoms with Crippen LogP contribution in [0.15, 0.2) is 0 Å². The number of carboxylic acids is 1. The highest BCUT2D eigenvalue weighted by Gasteiger charge is 2.27. The molecule has 1 aliphatic rings. The van der Waals surface area contributed by atoms with Gasteiger partial charge in [0, 0.05) is 13.1 Å². The lowest BCUT2D eigenvalue weighted by Crippen LogP contribution is -2.37. The quantitative estimate of drug-likeness (QED) is 0.896. The van der Waals surface area contributed by atoms with Crippen LogP contribution in [0.2, 0.25) is 0 Å². The highest BCUT2D eigenvalue weighted by Crippen LogP contribution is 2.25. The SMILES string of the molecule is Cc1c(C(=O)O)nnn1C1CCCN(C(=O)OC(C)(C)C)CC1. The molecule has 1 fully saturated rings. The summed E-state index contributed by atoms with van der Waals surface area (Å²) >= 11 is 0. The molecule has 0 aliphatic carbocycles. The zero-order valence-electron chi connectivity index (χ0n) is 14.1. The molecular weight excluding hydrogens is 300 g/mol. The zero-order chi connectivity index (χ0) is 17.2. The van der Waals surface area contributed by atoms with E-state index in [1.807, 2.05) is 20.8 Å². The van der Waals surface area contributed by atoms with Gasteiger partial charge in [-0.1, -0.05) is 5.21 Å². The van der Waals surface area contributed by atoms with Crippen LogP contribution in [-0.2, 0) is 4.74 Å². The van der Waals surface area contributed by atoms with E-state index in [1.54, 1.807) is 16.5 Å². The fourth-order valence-electron chi connectivity index (χ4n) is 2.72. The molecule has 1 aromatic rings. The number of rotatable bonds is 2. The van der Waals surface area contributed by atoms with Crippen molar-refractivity contribution in [3.63, 3.8) is 0 Å². The van der Waals surface area contributed by atoms with Gasteiger partial charge in [0.05, 0.1) is 11.7 Å². The number of ether oxygens (including phenoxy) is 1. The van der Waals surface area contributed by atoms with Crippen molar-refractivity contribution in [2.75, 3.05) is 13.1 Å². The molecule has 1 saturated heterocycles. The monoisotopic (exact) mass is 324 g/mol. The molecule has 1 aliphatic heterocycles. The lowest BCUT2D eigenvalue weighted by molar-refractivity contribution is 0.0255. The van der Waals surface area contributed by atoms with Gasteiger partial charge in [0.15, 0.2) is 5.69 Å². The summed E-state index contributed by atoms with van der Waals surface area (Å²) in [5.41, 5.74) is 0.0215. The first-order chi connectivity index (χ1) is 10.7. The normalized spacial score (nSPS) is 19.3. The number of likely N-dealkylation sites (tertiary alicyclic amines) is 1. The highest BCUT2D eigenvalue weighted by atomic mass is 16.6. The average Bonchev–Trinajstić information content (AvgIpc) is 2.66. The predicted molar refractivity (Wildman–Crippen MR) is 82.4 cm³/mol. The van der Waals surface area contributed by atoms with E-state index in [4.69, 9.17) is 9.84 Å². The zero-order valence-corrected chi connectivity index (χ0v) is 14.1. The summed E-state index contributed by atoms with van der Waals surface area (Å²) in [6.45, 7) is 8.43. The number of aromatic carboxylic acids is 1. The minimum atomic E-state index is -1.07. The number of hydrogen-bond acceptors (Lipinski definition) is 5. The molecule has 8 nitrogen and oxygen atoms in total. The van der Waals surface area contributed by atoms with Gasteiger partial charge in [0.2, 0.25) is 0 Å². The molecule has 0 saturated carbocycles. The van der Waals surface area contributed by atoms with E-state index in [-0.39, 0.29) is 17.8 Å². The third-order valence-corrected chi connectivity index (χ3v) is 3.83. The third-order valence-electron chi connectivity index (χ3n) is 3.83. The molecule has 23 heavy (non-hydrogen) atoms. The smallest absolute Gasteiger partial charge is 0.410 e. The van der Waals surface area contributed by atoms with Gasteiger partial charge in [-0.05, 0) is 47.0 Å². The Morgan fingerprint density at radius 2 is 1.96 bits per heavy atom. The minimum absolute atomic E-state index is 0.0155. The summed E-state index contributed by atoms with van der Waals surface area (Å²) in [5.74, 6) is -1.07. The van der Waals surface area contributed by atoms with Gasteiger partial charge in [-0.15, -0.1) is 5.10 Å². The number of hydrogen-bond donors (Lipinski definition) is 1. The summed E-state index contributed by atoms with van der Waals surface area (Å²) in [5, 5.41) is 16.8. The van der Waals surface area contributed by atoms with Gasteiger partial charge >= 0.3 is 12.1 Å². The second-order valence-corrected chi connectivity index (χ2v) is 6.83. The van der Waals surface area contributed by atoms with Crippen molar-refractivity contribution in [1.82, 2.24) is 19.9 Å². The maximum Gasteiger partial charge on any atom is 0.410 e. The van der Waals surface area contributed by atoms with E-state index < -0.39 is 11.6 Å². The third kappa shape index (κ3) is 4.20. The largest absolute Gasteiger partial charge is 0.476 e. The highest BCUT2D eigenvalue weighted by molar-refractivity contribution is 5.86. The van der Waals surface area contributed by atoms with E-state index in [9.17, 15) is 9.59 Å². The van der Waals surface area contributed by atoms with Crippen molar-refractivity contribution in [3.8, 4) is 0 Å². The van der Waals surface area contributed by atoms with Gasteiger partial charge in [-0.25, -0.2) is 14.3 Å². The molecule has 1 atom stereocenters. The van der Waals surface area contributed by atoms with Crippen LogP contribution in [0.1, 0.15) is 62.3 Å². The molecule has 0 spiro atoms. The van der Waals surface area contributed by atoms with Crippen LogP contribution in [0.4, 0.5) is 4.79 Å². The van der Waals surface area contributed by atoms with Gasteiger partial charge in [-0.3, -0.25) is 0 Å². The van der Waals surface area contributed by atoms with Crippen LogP contribution in [0.3, 0.4) is 0 Å². The molecule has 0 radical (unpaired) electrons. The van der Waals surface area contributed by atoms with E-state index >= 15 is 0 Å². The average molecular weight is 324 g/mol. The van der Waals surface area contributed by atoms with E-state index in [0.29, 0.717) is 25.2 Å². The Morgan fingerprint density at radius 1 is 1.26 bits per heavy atom. The van der Waals surface area contributed by atoms with Crippen LogP contribution in [0.5, 0.6) is 0 Å². The first kappa shape index (κ1) is 17.2. The molecule has 2 rings (SSSR count). The van der Waals surface area contributed by atoms with Crippen LogP contribution in [0, 0.1) is 6.92 Å². The molecule has 128 valence electrons. The summed E-state index contributed by atoms with van der Waals surface area (Å²) in [4.78, 5) is 24.9. The minimum Gasteiger partial charge on any atom is -0.476 e. The number of aromatic nitrogens is 3. The second-order valence-electron chi connectivity index (χ2n) is 6.83. The van der Waals surface area contributed by atoms with E-state index in [0.717, 1.165) is 12.8 Å². The van der Waals surface area contributed by atoms with E-state index in [2.05, 4.69) is 10.3 Å². The van der Waals surface area contributed by atoms with Crippen LogP contribution in [0.25, 0.3) is 0 Å². The first-order valence-corrected chi connectivity index (χ1v) is 7.82. The Morgan fingerprint density at radius 3 is 2.52 bits per heavy atom. The van der Waals surface area contributed by atoms with Gasteiger partial charge in [-0.2, -0.15) is 0 Å². The van der Waals surface area contributed by atoms with Crippen molar-refractivity contribution in [3.05, 3.63) is 11.4 Å². The fraction of sp³-hybridized carbons (Fsp3) is 0.733. The second kappa shape index (κ2) is 6.55. The van der Waals surface area contributed by atoms with Gasteiger partial charge in [0.25, 0.3) is 0 Å². The molecule has 1 aromatic heterocycles. The number of amides is 1. The Hall–Kier alpha value is -2.12. The lowest BCUT2D eigenvalue weighted by atomic mass is 10.1. The molecule has 0 bridgehead atoms. The van der Waals surface area contributed by atoms with Crippen molar-refractivity contribution in [2.24, 2.45) is 0 Å². The van der Waals surface area contributed by atoms with Crippen LogP contribution >= 0.6 is 0 Å². The lowest BCUT2D eigenvalue weighted by Gasteiger charge is -2.26. The topological polar surface area (TPSA) is 97.5 Å². The molecule has 1 N–H and O–H groups in total. The first-order valence-electron chi connectivity index (χ1n) is 7.82. The summed E-state index contributed by atoms with van der Waals surface area (Å²) in [6, 6.07) is 0.0445. The molecule has 1 amide bonds. The number of carboxylic acid groups (broad SMARTS) is 1. The van der Waals surface area contributed by atoms with Crippen molar-refractivity contribution < 1.29 is 19.4 Å². The Balaban J connectivity index is 2.04. The van der Waals surface area contributed by atoms with Crippen molar-refractivity contribution in [2.45, 2.75) is 58.6 Å². The number of carbonyl (C=O) groups excluding carboxylic acids is 1. The Kier molecular flexibility index (Phi) is 4.91. The van der Waals surface area contributed by atoms with Crippen molar-refractivity contribution in [1.29, 1.82) is 0 Å². The Bertz CT molecular complexity index is 591. The van der Waals surface area contributed by atoms with Gasteiger partial charge in [0.1, 0.15) is 5.60 Å². The number of nitrogens with zero attached hydrogens (tertiary/aromatic N) is 4. The summed E-state index contributed by atoms with van der Waals surface area (Å²) in [7, 11) is 0. The maximum absolute atomic E-state index is 12.2. The standard InChI is InChI=1S/C15H24N4O4/c1-10-12(13(20)21)16-17-19(10)11-6-5-8-18(9-7-11)14(22)23-15(2,3)4/h11H,5-9H2,1-4H3,(H,20,21). The number of carbonyl (C=O) groups is 2. The van der Waals surface area contributed by atoms with E-state index in [1.165, 1.54) is 0 Å². The summed E-state index contributed by atoms with van der Waals surface area (Å²) in [6.07, 6.45) is 2.02.